The number of hydrogen-bond acceptors (Lipinski definition) is 4. The average molecular weight is 353 g/mol. The van der Waals surface area contributed by atoms with Gasteiger partial charge in [-0.15, -0.1) is 0 Å². The molecule has 4 nitrogen and oxygen atoms in total. The molecule has 0 aromatic heterocycles. The van der Waals surface area contributed by atoms with E-state index in [0.717, 1.165) is 20.8 Å². The molecular weight excluding hydrogens is 340 g/mol. The zero-order valence-electron chi connectivity index (χ0n) is 10.8. The van der Waals surface area contributed by atoms with Crippen LogP contribution in [0.5, 0.6) is 0 Å². The molecule has 0 aliphatic carbocycles. The van der Waals surface area contributed by atoms with Crippen molar-refractivity contribution in [1.82, 2.24) is 5.32 Å². The number of rotatable bonds is 5. The fourth-order valence-corrected chi connectivity index (χ4v) is 3.07. The van der Waals surface area contributed by atoms with Gasteiger partial charge in [-0.25, -0.2) is 0 Å². The number of non-ortho nitro benzene ring substituents is 1. The van der Waals surface area contributed by atoms with E-state index in [0.29, 0.717) is 0 Å². The van der Waals surface area contributed by atoms with Crippen molar-refractivity contribution in [3.8, 4) is 0 Å². The second kappa shape index (κ2) is 6.88. The van der Waals surface area contributed by atoms with E-state index in [-0.39, 0.29) is 10.6 Å². The zero-order chi connectivity index (χ0) is 14.5. The van der Waals surface area contributed by atoms with Crippen molar-refractivity contribution in [3.63, 3.8) is 0 Å². The minimum Gasteiger partial charge on any atom is -0.316 e. The number of nitro benzene ring substituents is 1. The number of halogens is 1. The van der Waals surface area contributed by atoms with Gasteiger partial charge in [-0.3, -0.25) is 10.1 Å². The van der Waals surface area contributed by atoms with Gasteiger partial charge in [0.1, 0.15) is 0 Å². The van der Waals surface area contributed by atoms with Crippen LogP contribution in [0, 0.1) is 10.1 Å². The molecular formula is C14H13BrN2O2S. The number of nitrogens with one attached hydrogen (secondary N) is 1. The number of nitrogens with zero attached hydrogens (tertiary/aromatic N) is 1. The Morgan fingerprint density at radius 2 is 1.95 bits per heavy atom. The normalized spacial score (nSPS) is 10.5. The second-order valence-corrected chi connectivity index (χ2v) is 6.17. The molecule has 1 N–H and O–H groups in total. The van der Waals surface area contributed by atoms with Gasteiger partial charge >= 0.3 is 0 Å². The maximum absolute atomic E-state index is 10.6. The number of nitro groups is 1. The van der Waals surface area contributed by atoms with Crippen LogP contribution in [0.15, 0.2) is 56.7 Å². The van der Waals surface area contributed by atoms with Gasteiger partial charge in [-0.1, -0.05) is 27.7 Å². The lowest BCUT2D eigenvalue weighted by molar-refractivity contribution is -0.384. The summed E-state index contributed by atoms with van der Waals surface area (Å²) in [5, 5.41) is 13.8. The second-order valence-electron chi connectivity index (χ2n) is 4.14. The molecule has 0 heterocycles. The van der Waals surface area contributed by atoms with E-state index in [4.69, 9.17) is 0 Å². The Morgan fingerprint density at radius 1 is 1.25 bits per heavy atom. The van der Waals surface area contributed by atoms with Crippen molar-refractivity contribution in [1.29, 1.82) is 0 Å². The lowest BCUT2D eigenvalue weighted by Crippen LogP contribution is -2.06. The molecule has 0 spiro atoms. The van der Waals surface area contributed by atoms with Crippen LogP contribution in [-0.4, -0.2) is 12.0 Å². The summed E-state index contributed by atoms with van der Waals surface area (Å²) in [6, 6.07) is 12.7. The highest BCUT2D eigenvalue weighted by Gasteiger charge is 2.07. The van der Waals surface area contributed by atoms with Gasteiger partial charge in [0.2, 0.25) is 0 Å². The molecule has 2 rings (SSSR count). The highest BCUT2D eigenvalue weighted by molar-refractivity contribution is 9.10. The molecule has 6 heteroatoms. The Bertz CT molecular complexity index is 617. The van der Waals surface area contributed by atoms with Crippen molar-refractivity contribution in [2.45, 2.75) is 16.3 Å². The number of benzene rings is 2. The fourth-order valence-electron chi connectivity index (χ4n) is 1.74. The standard InChI is InChI=1S/C14H13BrN2O2S/c1-16-9-10-8-11(15)2-7-14(10)20-13-5-3-12(4-6-13)17(18)19/h2-8,16H,9H2,1H3. The molecule has 0 amide bonds. The van der Waals surface area contributed by atoms with Crippen molar-refractivity contribution in [3.05, 3.63) is 62.6 Å². The lowest BCUT2D eigenvalue weighted by Gasteiger charge is -2.09. The molecule has 0 saturated heterocycles. The van der Waals surface area contributed by atoms with E-state index in [1.807, 2.05) is 19.2 Å². The van der Waals surface area contributed by atoms with Gasteiger partial charge in [0.15, 0.2) is 0 Å². The molecule has 0 saturated carbocycles. The van der Waals surface area contributed by atoms with Gasteiger partial charge in [-0.2, -0.15) is 0 Å². The van der Waals surface area contributed by atoms with Crippen LogP contribution in [0.25, 0.3) is 0 Å². The molecule has 2 aromatic rings. The lowest BCUT2D eigenvalue weighted by atomic mass is 10.2. The molecule has 20 heavy (non-hydrogen) atoms. The summed E-state index contributed by atoms with van der Waals surface area (Å²) >= 11 is 5.07. The average Bonchev–Trinajstić information content (AvgIpc) is 2.43. The van der Waals surface area contributed by atoms with E-state index < -0.39 is 0 Å². The molecule has 0 aliphatic heterocycles. The predicted molar refractivity (Wildman–Crippen MR) is 84.1 cm³/mol. The monoisotopic (exact) mass is 352 g/mol. The van der Waals surface area contributed by atoms with Crippen LogP contribution in [0.2, 0.25) is 0 Å². The van der Waals surface area contributed by atoms with Gasteiger partial charge in [-0.05, 0) is 42.9 Å². The topological polar surface area (TPSA) is 55.2 Å². The Labute approximate surface area is 129 Å². The molecule has 0 radical (unpaired) electrons. The fraction of sp³-hybridized carbons (Fsp3) is 0.143. The first-order valence-electron chi connectivity index (χ1n) is 5.95. The molecule has 0 fully saturated rings. The smallest absolute Gasteiger partial charge is 0.269 e. The van der Waals surface area contributed by atoms with E-state index >= 15 is 0 Å². The summed E-state index contributed by atoms with van der Waals surface area (Å²) < 4.78 is 1.04. The third-order valence-electron chi connectivity index (χ3n) is 2.67. The molecule has 2 aromatic carbocycles. The van der Waals surface area contributed by atoms with E-state index in [1.54, 1.807) is 23.9 Å². The summed E-state index contributed by atoms with van der Waals surface area (Å²) in [4.78, 5) is 12.4. The van der Waals surface area contributed by atoms with Gasteiger partial charge in [0, 0.05) is 32.9 Å². The Morgan fingerprint density at radius 3 is 2.55 bits per heavy atom. The molecule has 0 unspecified atom stereocenters. The van der Waals surface area contributed by atoms with Crippen molar-refractivity contribution >= 4 is 33.4 Å². The highest BCUT2D eigenvalue weighted by Crippen LogP contribution is 2.32. The third-order valence-corrected chi connectivity index (χ3v) is 4.28. The van der Waals surface area contributed by atoms with E-state index in [1.165, 1.54) is 17.7 Å². The van der Waals surface area contributed by atoms with Crippen LogP contribution < -0.4 is 5.32 Å². The summed E-state index contributed by atoms with van der Waals surface area (Å²) in [5.74, 6) is 0. The van der Waals surface area contributed by atoms with E-state index in [2.05, 4.69) is 27.3 Å². The first-order valence-corrected chi connectivity index (χ1v) is 7.56. The van der Waals surface area contributed by atoms with Crippen LogP contribution in [0.1, 0.15) is 5.56 Å². The minimum atomic E-state index is -0.388. The largest absolute Gasteiger partial charge is 0.316 e. The summed E-state index contributed by atoms with van der Waals surface area (Å²) in [7, 11) is 1.90. The quantitative estimate of drug-likeness (QED) is 0.646. The van der Waals surface area contributed by atoms with Crippen LogP contribution in [0.4, 0.5) is 5.69 Å². The molecule has 104 valence electrons. The summed E-state index contributed by atoms with van der Waals surface area (Å²) in [5.41, 5.74) is 1.30. The highest BCUT2D eigenvalue weighted by atomic mass is 79.9. The van der Waals surface area contributed by atoms with Gasteiger partial charge in [0.25, 0.3) is 5.69 Å². The Balaban J connectivity index is 2.22. The zero-order valence-corrected chi connectivity index (χ0v) is 13.2. The number of hydrogen-bond donors (Lipinski definition) is 1. The van der Waals surface area contributed by atoms with Crippen molar-refractivity contribution in [2.75, 3.05) is 7.05 Å². The van der Waals surface area contributed by atoms with Gasteiger partial charge < -0.3 is 5.32 Å². The molecule has 0 bridgehead atoms. The van der Waals surface area contributed by atoms with Crippen molar-refractivity contribution < 1.29 is 4.92 Å². The van der Waals surface area contributed by atoms with Crippen molar-refractivity contribution in [2.24, 2.45) is 0 Å². The first-order chi connectivity index (χ1) is 9.60. The summed E-state index contributed by atoms with van der Waals surface area (Å²) in [6.45, 7) is 0.773. The minimum absolute atomic E-state index is 0.112. The first kappa shape index (κ1) is 15.0. The molecule has 0 aliphatic rings. The van der Waals surface area contributed by atoms with Crippen LogP contribution in [0.3, 0.4) is 0 Å². The third kappa shape index (κ3) is 3.82. The van der Waals surface area contributed by atoms with Crippen LogP contribution in [-0.2, 0) is 6.54 Å². The maximum atomic E-state index is 10.6. The van der Waals surface area contributed by atoms with E-state index in [9.17, 15) is 10.1 Å². The van der Waals surface area contributed by atoms with Gasteiger partial charge in [0.05, 0.1) is 4.92 Å². The molecule has 0 atom stereocenters. The van der Waals surface area contributed by atoms with Crippen LogP contribution >= 0.6 is 27.7 Å². The Kier molecular flexibility index (Phi) is 5.17. The Hall–Kier alpha value is -1.37. The maximum Gasteiger partial charge on any atom is 0.269 e. The predicted octanol–water partition coefficient (Wildman–Crippen LogP) is 4.23. The summed E-state index contributed by atoms with van der Waals surface area (Å²) in [6.07, 6.45) is 0. The SMILES string of the molecule is CNCc1cc(Br)ccc1Sc1ccc([N+](=O)[O-])cc1.